The number of nitrogens with zero attached hydrogens (tertiary/aromatic N) is 2. The fourth-order valence-electron chi connectivity index (χ4n) is 3.25. The first kappa shape index (κ1) is 18.0. The maximum atomic E-state index is 12.5. The molecule has 0 aromatic heterocycles. The molecule has 5 nitrogen and oxygen atoms in total. The van der Waals surface area contributed by atoms with Crippen molar-refractivity contribution in [1.29, 1.82) is 0 Å². The molecule has 2 aromatic rings. The van der Waals surface area contributed by atoms with E-state index in [0.717, 1.165) is 24.3 Å². The van der Waals surface area contributed by atoms with Gasteiger partial charge in [-0.25, -0.2) is 4.79 Å². The highest BCUT2D eigenvalue weighted by Gasteiger charge is 2.21. The zero-order chi connectivity index (χ0) is 18.5. The largest absolute Gasteiger partial charge is 0.465 e. The normalized spacial score (nSPS) is 14.2. The van der Waals surface area contributed by atoms with E-state index in [1.165, 1.54) is 12.7 Å². The van der Waals surface area contributed by atoms with E-state index in [1.54, 1.807) is 12.1 Å². The topological polar surface area (TPSA) is 49.9 Å². The second kappa shape index (κ2) is 8.04. The first-order valence-electron chi connectivity index (χ1n) is 8.83. The Morgan fingerprint density at radius 1 is 1.00 bits per heavy atom. The minimum atomic E-state index is -0.330. The molecule has 3 rings (SSSR count). The standard InChI is InChI=1S/C21H24N2O3/c1-16-4-3-5-17(14-16)15-20(24)23-12-10-22(11-13-23)19-8-6-18(7-9-19)21(25)26-2/h3-9,14H,10-13,15H2,1-2H3. The highest BCUT2D eigenvalue weighted by molar-refractivity contribution is 5.89. The summed E-state index contributed by atoms with van der Waals surface area (Å²) < 4.78 is 4.72. The monoisotopic (exact) mass is 352 g/mol. The number of esters is 1. The molecule has 5 heteroatoms. The number of methoxy groups -OCH3 is 1. The minimum absolute atomic E-state index is 0.177. The average molecular weight is 352 g/mol. The lowest BCUT2D eigenvalue weighted by Crippen LogP contribution is -2.49. The molecule has 136 valence electrons. The second-order valence-electron chi connectivity index (χ2n) is 6.57. The van der Waals surface area contributed by atoms with Crippen molar-refractivity contribution < 1.29 is 14.3 Å². The number of hydrogen-bond acceptors (Lipinski definition) is 4. The van der Waals surface area contributed by atoms with Gasteiger partial charge in [0.05, 0.1) is 19.1 Å². The third-order valence-electron chi connectivity index (χ3n) is 4.72. The number of ether oxygens (including phenoxy) is 1. The minimum Gasteiger partial charge on any atom is -0.465 e. The van der Waals surface area contributed by atoms with E-state index in [-0.39, 0.29) is 11.9 Å². The summed E-state index contributed by atoms with van der Waals surface area (Å²) in [6, 6.07) is 15.5. The summed E-state index contributed by atoms with van der Waals surface area (Å²) in [6.07, 6.45) is 0.454. The lowest BCUT2D eigenvalue weighted by Gasteiger charge is -2.36. The van der Waals surface area contributed by atoms with Crippen molar-refractivity contribution in [3.05, 3.63) is 65.2 Å². The second-order valence-corrected chi connectivity index (χ2v) is 6.57. The molecular weight excluding hydrogens is 328 g/mol. The van der Waals surface area contributed by atoms with Crippen molar-refractivity contribution in [2.24, 2.45) is 0 Å². The fourth-order valence-corrected chi connectivity index (χ4v) is 3.25. The van der Waals surface area contributed by atoms with Gasteiger partial charge in [-0.05, 0) is 36.8 Å². The Bertz CT molecular complexity index is 778. The number of aryl methyl sites for hydroxylation is 1. The lowest BCUT2D eigenvalue weighted by molar-refractivity contribution is -0.130. The molecule has 0 N–H and O–H groups in total. The van der Waals surface area contributed by atoms with Crippen LogP contribution in [0.2, 0.25) is 0 Å². The molecule has 0 aliphatic carbocycles. The van der Waals surface area contributed by atoms with Crippen LogP contribution in [0.3, 0.4) is 0 Å². The molecule has 0 bridgehead atoms. The molecular formula is C21H24N2O3. The zero-order valence-electron chi connectivity index (χ0n) is 15.3. The molecule has 1 saturated heterocycles. The Morgan fingerprint density at radius 3 is 2.31 bits per heavy atom. The summed E-state index contributed by atoms with van der Waals surface area (Å²) >= 11 is 0. The number of benzene rings is 2. The van der Waals surface area contributed by atoms with E-state index in [9.17, 15) is 9.59 Å². The molecule has 26 heavy (non-hydrogen) atoms. The zero-order valence-corrected chi connectivity index (χ0v) is 15.3. The van der Waals surface area contributed by atoms with Gasteiger partial charge in [-0.3, -0.25) is 4.79 Å². The van der Waals surface area contributed by atoms with Crippen LogP contribution in [0, 0.1) is 6.92 Å². The average Bonchev–Trinajstić information content (AvgIpc) is 2.67. The summed E-state index contributed by atoms with van der Waals surface area (Å²) in [5.74, 6) is -0.153. The van der Waals surface area contributed by atoms with E-state index in [0.29, 0.717) is 25.1 Å². The molecule has 1 amide bonds. The molecule has 2 aromatic carbocycles. The molecule has 0 spiro atoms. The van der Waals surface area contributed by atoms with Crippen LogP contribution in [0.4, 0.5) is 5.69 Å². The van der Waals surface area contributed by atoms with E-state index in [4.69, 9.17) is 4.74 Å². The van der Waals surface area contributed by atoms with Gasteiger partial charge in [0, 0.05) is 31.9 Å². The van der Waals surface area contributed by atoms with E-state index < -0.39 is 0 Å². The summed E-state index contributed by atoms with van der Waals surface area (Å²) in [7, 11) is 1.38. The van der Waals surface area contributed by atoms with Crippen LogP contribution < -0.4 is 4.90 Å². The number of amides is 1. The summed E-state index contributed by atoms with van der Waals surface area (Å²) in [5, 5.41) is 0. The number of rotatable bonds is 4. The van der Waals surface area contributed by atoms with Crippen LogP contribution in [0.25, 0.3) is 0 Å². The van der Waals surface area contributed by atoms with Gasteiger partial charge in [0.25, 0.3) is 0 Å². The van der Waals surface area contributed by atoms with Crippen molar-refractivity contribution in [2.75, 3.05) is 38.2 Å². The number of piperazine rings is 1. The van der Waals surface area contributed by atoms with Crippen LogP contribution in [0.1, 0.15) is 21.5 Å². The van der Waals surface area contributed by atoms with E-state index in [1.807, 2.05) is 42.2 Å². The molecule has 0 atom stereocenters. The molecule has 1 heterocycles. The van der Waals surface area contributed by atoms with Crippen molar-refractivity contribution in [2.45, 2.75) is 13.3 Å². The Hall–Kier alpha value is -2.82. The van der Waals surface area contributed by atoms with Gasteiger partial charge >= 0.3 is 5.97 Å². The summed E-state index contributed by atoms with van der Waals surface area (Å²) in [6.45, 7) is 5.04. The van der Waals surface area contributed by atoms with Crippen LogP contribution in [0.5, 0.6) is 0 Å². The predicted molar refractivity (Wildman–Crippen MR) is 101 cm³/mol. The number of hydrogen-bond donors (Lipinski definition) is 0. The predicted octanol–water partition coefficient (Wildman–Crippen LogP) is 2.67. The van der Waals surface area contributed by atoms with E-state index >= 15 is 0 Å². The molecule has 0 radical (unpaired) electrons. The van der Waals surface area contributed by atoms with Crippen molar-refractivity contribution in [3.8, 4) is 0 Å². The lowest BCUT2D eigenvalue weighted by atomic mass is 10.1. The maximum absolute atomic E-state index is 12.5. The highest BCUT2D eigenvalue weighted by Crippen LogP contribution is 2.18. The fraction of sp³-hybridized carbons (Fsp3) is 0.333. The molecule has 0 saturated carbocycles. The third kappa shape index (κ3) is 4.23. The van der Waals surface area contributed by atoms with Crippen LogP contribution in [-0.2, 0) is 16.0 Å². The van der Waals surface area contributed by atoms with Crippen LogP contribution in [0.15, 0.2) is 48.5 Å². The summed E-state index contributed by atoms with van der Waals surface area (Å²) in [4.78, 5) is 28.2. The van der Waals surface area contributed by atoms with Gasteiger partial charge in [0.15, 0.2) is 0 Å². The van der Waals surface area contributed by atoms with Gasteiger partial charge in [0.1, 0.15) is 0 Å². The Kier molecular flexibility index (Phi) is 5.56. The van der Waals surface area contributed by atoms with Crippen LogP contribution >= 0.6 is 0 Å². The Morgan fingerprint density at radius 2 is 1.69 bits per heavy atom. The van der Waals surface area contributed by atoms with Crippen molar-refractivity contribution in [3.63, 3.8) is 0 Å². The molecule has 1 aliphatic heterocycles. The highest BCUT2D eigenvalue weighted by atomic mass is 16.5. The van der Waals surface area contributed by atoms with E-state index in [2.05, 4.69) is 11.0 Å². The summed E-state index contributed by atoms with van der Waals surface area (Å²) in [5.41, 5.74) is 3.85. The van der Waals surface area contributed by atoms with Crippen LogP contribution in [-0.4, -0.2) is 50.1 Å². The number of anilines is 1. The Labute approximate surface area is 154 Å². The van der Waals surface area contributed by atoms with Gasteiger partial charge < -0.3 is 14.5 Å². The van der Waals surface area contributed by atoms with Crippen molar-refractivity contribution >= 4 is 17.6 Å². The number of carbonyl (C=O) groups is 2. The Balaban J connectivity index is 1.55. The molecule has 1 fully saturated rings. The SMILES string of the molecule is COC(=O)c1ccc(N2CCN(C(=O)Cc3cccc(C)c3)CC2)cc1. The van der Waals surface area contributed by atoms with Gasteiger partial charge in [-0.1, -0.05) is 29.8 Å². The third-order valence-corrected chi connectivity index (χ3v) is 4.72. The molecule has 1 aliphatic rings. The van der Waals surface area contributed by atoms with Gasteiger partial charge in [-0.15, -0.1) is 0 Å². The quantitative estimate of drug-likeness (QED) is 0.794. The van der Waals surface area contributed by atoms with Gasteiger partial charge in [0.2, 0.25) is 5.91 Å². The van der Waals surface area contributed by atoms with Gasteiger partial charge in [-0.2, -0.15) is 0 Å². The molecule has 0 unspecified atom stereocenters. The van der Waals surface area contributed by atoms with Crippen molar-refractivity contribution in [1.82, 2.24) is 4.90 Å². The smallest absolute Gasteiger partial charge is 0.337 e. The first-order valence-corrected chi connectivity index (χ1v) is 8.83. The maximum Gasteiger partial charge on any atom is 0.337 e. The first-order chi connectivity index (χ1) is 12.6. The number of carbonyl (C=O) groups excluding carboxylic acids is 2.